The summed E-state index contributed by atoms with van der Waals surface area (Å²) in [6.07, 6.45) is 9.53. The number of aromatic nitrogens is 2. The minimum absolute atomic E-state index is 0.517. The van der Waals surface area contributed by atoms with E-state index in [1.165, 1.54) is 38.5 Å². The van der Waals surface area contributed by atoms with Crippen LogP contribution in [0.1, 0.15) is 44.1 Å². The number of benzene rings is 1. The Morgan fingerprint density at radius 2 is 1.88 bits per heavy atom. The van der Waals surface area contributed by atoms with Crippen LogP contribution in [0.2, 0.25) is 0 Å². The standard InChI is InChI=1S/C19H26N4O/c1-14-9-10-17(24-2)16(13-14)22-19-20-12-11-18(23-19)21-15-7-5-3-4-6-8-15/h9-13,15H,3-8H2,1-2H3,(H2,20,21,22,23). The molecule has 2 N–H and O–H groups in total. The fourth-order valence-corrected chi connectivity index (χ4v) is 3.17. The number of aryl methyl sites for hydroxylation is 1. The number of anilines is 3. The van der Waals surface area contributed by atoms with Crippen molar-refractivity contribution in [2.75, 3.05) is 17.7 Å². The molecule has 3 rings (SSSR count). The normalized spacial score (nSPS) is 15.6. The van der Waals surface area contributed by atoms with Crippen LogP contribution in [0.5, 0.6) is 5.75 Å². The smallest absolute Gasteiger partial charge is 0.229 e. The molecular weight excluding hydrogens is 300 g/mol. The van der Waals surface area contributed by atoms with Crippen molar-refractivity contribution < 1.29 is 4.74 Å². The molecule has 5 nitrogen and oxygen atoms in total. The first-order valence-corrected chi connectivity index (χ1v) is 8.76. The highest BCUT2D eigenvalue weighted by atomic mass is 16.5. The van der Waals surface area contributed by atoms with E-state index in [4.69, 9.17) is 4.74 Å². The van der Waals surface area contributed by atoms with Gasteiger partial charge in [-0.1, -0.05) is 31.7 Å². The van der Waals surface area contributed by atoms with Crippen molar-refractivity contribution in [2.24, 2.45) is 0 Å². The molecular formula is C19H26N4O. The van der Waals surface area contributed by atoms with Crippen LogP contribution >= 0.6 is 0 Å². The Morgan fingerprint density at radius 3 is 2.62 bits per heavy atom. The van der Waals surface area contributed by atoms with Crippen molar-refractivity contribution in [3.63, 3.8) is 0 Å². The van der Waals surface area contributed by atoms with Gasteiger partial charge in [0.2, 0.25) is 5.95 Å². The number of hydrogen-bond donors (Lipinski definition) is 2. The Bertz CT molecular complexity index is 666. The van der Waals surface area contributed by atoms with E-state index in [0.29, 0.717) is 12.0 Å². The minimum atomic E-state index is 0.517. The quantitative estimate of drug-likeness (QED) is 0.782. The van der Waals surface area contributed by atoms with Crippen molar-refractivity contribution in [3.8, 4) is 5.75 Å². The van der Waals surface area contributed by atoms with E-state index in [9.17, 15) is 0 Å². The van der Waals surface area contributed by atoms with Crippen LogP contribution < -0.4 is 15.4 Å². The largest absolute Gasteiger partial charge is 0.495 e. The Kier molecular flexibility index (Phi) is 5.51. The Hall–Kier alpha value is -2.30. The molecule has 5 heteroatoms. The molecule has 0 radical (unpaired) electrons. The SMILES string of the molecule is COc1ccc(C)cc1Nc1nccc(NC2CCCCCC2)n1. The number of nitrogens with zero attached hydrogens (tertiary/aromatic N) is 2. The molecule has 2 aromatic rings. The summed E-state index contributed by atoms with van der Waals surface area (Å²) in [5, 5.41) is 6.83. The second kappa shape index (κ2) is 7.99. The number of ether oxygens (including phenoxy) is 1. The molecule has 0 saturated heterocycles. The van der Waals surface area contributed by atoms with E-state index in [-0.39, 0.29) is 0 Å². The third-order valence-corrected chi connectivity index (χ3v) is 4.46. The van der Waals surface area contributed by atoms with Gasteiger partial charge in [-0.25, -0.2) is 4.98 Å². The molecule has 0 unspecified atom stereocenters. The Balaban J connectivity index is 1.72. The first kappa shape index (κ1) is 16.6. The molecule has 128 valence electrons. The second-order valence-corrected chi connectivity index (χ2v) is 6.43. The molecule has 1 aromatic carbocycles. The zero-order valence-electron chi connectivity index (χ0n) is 14.5. The van der Waals surface area contributed by atoms with Crippen molar-refractivity contribution >= 4 is 17.5 Å². The monoisotopic (exact) mass is 326 g/mol. The van der Waals surface area contributed by atoms with E-state index in [1.54, 1.807) is 13.3 Å². The van der Waals surface area contributed by atoms with Gasteiger partial charge in [-0.3, -0.25) is 0 Å². The summed E-state index contributed by atoms with van der Waals surface area (Å²) in [4.78, 5) is 8.94. The molecule has 0 spiro atoms. The molecule has 0 bridgehead atoms. The van der Waals surface area contributed by atoms with Crippen molar-refractivity contribution in [1.29, 1.82) is 0 Å². The van der Waals surface area contributed by atoms with E-state index >= 15 is 0 Å². The summed E-state index contributed by atoms with van der Waals surface area (Å²) in [5.74, 6) is 2.25. The zero-order valence-corrected chi connectivity index (χ0v) is 14.5. The van der Waals surface area contributed by atoms with Crippen molar-refractivity contribution in [1.82, 2.24) is 9.97 Å². The maximum Gasteiger partial charge on any atom is 0.229 e. The molecule has 1 heterocycles. The van der Waals surface area contributed by atoms with Crippen LogP contribution in [-0.2, 0) is 0 Å². The summed E-state index contributed by atoms with van der Waals surface area (Å²) >= 11 is 0. The van der Waals surface area contributed by atoms with Gasteiger partial charge in [-0.15, -0.1) is 0 Å². The minimum Gasteiger partial charge on any atom is -0.495 e. The number of hydrogen-bond acceptors (Lipinski definition) is 5. The summed E-state index contributed by atoms with van der Waals surface area (Å²) in [7, 11) is 1.67. The van der Waals surface area contributed by atoms with Crippen LogP contribution in [0.3, 0.4) is 0 Å². The molecule has 1 saturated carbocycles. The average Bonchev–Trinajstić information content (AvgIpc) is 2.84. The third-order valence-electron chi connectivity index (χ3n) is 4.46. The molecule has 24 heavy (non-hydrogen) atoms. The highest BCUT2D eigenvalue weighted by Gasteiger charge is 2.13. The van der Waals surface area contributed by atoms with Gasteiger partial charge in [-0.2, -0.15) is 4.98 Å². The predicted molar refractivity (Wildman–Crippen MR) is 98.2 cm³/mol. The lowest BCUT2D eigenvalue weighted by atomic mass is 10.1. The van der Waals surface area contributed by atoms with Gasteiger partial charge < -0.3 is 15.4 Å². The van der Waals surface area contributed by atoms with Crippen molar-refractivity contribution in [2.45, 2.75) is 51.5 Å². The first-order valence-electron chi connectivity index (χ1n) is 8.76. The number of rotatable bonds is 5. The van der Waals surface area contributed by atoms with Crippen LogP contribution in [0.4, 0.5) is 17.5 Å². The molecule has 1 fully saturated rings. The summed E-state index contributed by atoms with van der Waals surface area (Å²) in [6.45, 7) is 2.05. The second-order valence-electron chi connectivity index (χ2n) is 6.43. The molecule has 0 aliphatic heterocycles. The highest BCUT2D eigenvalue weighted by molar-refractivity contribution is 5.64. The lowest BCUT2D eigenvalue weighted by Crippen LogP contribution is -2.19. The van der Waals surface area contributed by atoms with Crippen LogP contribution in [-0.4, -0.2) is 23.1 Å². The Labute approximate surface area is 143 Å². The van der Waals surface area contributed by atoms with Gasteiger partial charge in [0.15, 0.2) is 0 Å². The van der Waals surface area contributed by atoms with E-state index in [2.05, 4.69) is 27.5 Å². The fourth-order valence-electron chi connectivity index (χ4n) is 3.17. The van der Waals surface area contributed by atoms with Crippen LogP contribution in [0.15, 0.2) is 30.5 Å². The van der Waals surface area contributed by atoms with Gasteiger partial charge in [0, 0.05) is 12.2 Å². The van der Waals surface area contributed by atoms with Crippen LogP contribution in [0, 0.1) is 6.92 Å². The molecule has 1 aliphatic carbocycles. The third kappa shape index (κ3) is 4.37. The topological polar surface area (TPSA) is 59.1 Å². The molecule has 1 aromatic heterocycles. The summed E-state index contributed by atoms with van der Waals surface area (Å²) < 4.78 is 5.40. The molecule has 0 amide bonds. The van der Waals surface area contributed by atoms with Crippen LogP contribution in [0.25, 0.3) is 0 Å². The number of methoxy groups -OCH3 is 1. The maximum absolute atomic E-state index is 5.40. The lowest BCUT2D eigenvalue weighted by molar-refractivity contribution is 0.416. The van der Waals surface area contributed by atoms with E-state index in [0.717, 1.165) is 22.8 Å². The van der Waals surface area contributed by atoms with Gasteiger partial charge in [0.05, 0.1) is 12.8 Å². The van der Waals surface area contributed by atoms with Gasteiger partial charge >= 0.3 is 0 Å². The Morgan fingerprint density at radius 1 is 1.08 bits per heavy atom. The predicted octanol–water partition coefficient (Wildman–Crippen LogP) is 4.67. The lowest BCUT2D eigenvalue weighted by Gasteiger charge is -2.17. The van der Waals surface area contributed by atoms with Gasteiger partial charge in [0.25, 0.3) is 0 Å². The van der Waals surface area contributed by atoms with Gasteiger partial charge in [-0.05, 0) is 43.5 Å². The summed E-state index contributed by atoms with van der Waals surface area (Å²) in [5.41, 5.74) is 2.04. The highest BCUT2D eigenvalue weighted by Crippen LogP contribution is 2.28. The molecule has 0 atom stereocenters. The average molecular weight is 326 g/mol. The summed E-state index contributed by atoms with van der Waals surface area (Å²) in [6, 6.07) is 8.46. The number of nitrogens with one attached hydrogen (secondary N) is 2. The van der Waals surface area contributed by atoms with Gasteiger partial charge in [0.1, 0.15) is 11.6 Å². The molecule has 1 aliphatic rings. The van der Waals surface area contributed by atoms with E-state index in [1.807, 2.05) is 24.3 Å². The van der Waals surface area contributed by atoms with E-state index < -0.39 is 0 Å². The van der Waals surface area contributed by atoms with Crippen molar-refractivity contribution in [3.05, 3.63) is 36.0 Å². The maximum atomic E-state index is 5.40. The zero-order chi connectivity index (χ0) is 16.8. The fraction of sp³-hybridized carbons (Fsp3) is 0.474. The first-order chi connectivity index (χ1) is 11.7.